The van der Waals surface area contributed by atoms with Crippen molar-refractivity contribution in [3.8, 4) is 0 Å². The van der Waals surface area contributed by atoms with Crippen LogP contribution in [0.5, 0.6) is 0 Å². The minimum atomic E-state index is 0.500. The molecule has 0 amide bonds. The van der Waals surface area contributed by atoms with Crippen LogP contribution in [0.4, 0.5) is 0 Å². The van der Waals surface area contributed by atoms with Gasteiger partial charge < -0.3 is 14.7 Å². The molecule has 0 aromatic rings. The molecule has 56 valence electrons. The molecule has 1 rings (SSSR count). The molecule has 9 heavy (non-hydrogen) atoms. The van der Waals surface area contributed by atoms with Gasteiger partial charge in [-0.25, -0.2) is 5.90 Å². The number of ether oxygens (including phenoxy) is 2. The van der Waals surface area contributed by atoms with Gasteiger partial charge in [0.05, 0.1) is 0 Å². The van der Waals surface area contributed by atoms with E-state index < -0.39 is 0 Å². The summed E-state index contributed by atoms with van der Waals surface area (Å²) in [5.74, 6) is 3.50. The van der Waals surface area contributed by atoms with Crippen LogP contribution in [-0.2, 0) is 9.47 Å². The lowest BCUT2D eigenvalue weighted by Gasteiger charge is -1.93. The van der Waals surface area contributed by atoms with Gasteiger partial charge in [0, 0.05) is 13.2 Å². The van der Waals surface area contributed by atoms with E-state index in [-0.39, 0.29) is 0 Å². The first-order valence-corrected chi connectivity index (χ1v) is 2.91. The standard InChI is InChI=1S/C5H10O2.H3NO/c1-2-4-7-5-6-3-1;1-2/h1-5H2;2H,1H2. The molecule has 0 radical (unpaired) electrons. The average Bonchev–Trinajstić information content (AvgIpc) is 2.21. The first-order valence-electron chi connectivity index (χ1n) is 2.91. The van der Waals surface area contributed by atoms with Crippen LogP contribution in [0.15, 0.2) is 0 Å². The molecule has 0 bridgehead atoms. The lowest BCUT2D eigenvalue weighted by atomic mass is 10.3. The van der Waals surface area contributed by atoms with Gasteiger partial charge in [0.1, 0.15) is 6.79 Å². The third-order valence-electron chi connectivity index (χ3n) is 0.994. The minimum Gasteiger partial charge on any atom is -0.355 e. The molecule has 0 aromatic heterocycles. The Balaban J connectivity index is 0.000000291. The molecule has 1 aliphatic rings. The summed E-state index contributed by atoms with van der Waals surface area (Å²) in [5, 5.41) is 6.50. The van der Waals surface area contributed by atoms with Gasteiger partial charge in [-0.2, -0.15) is 0 Å². The van der Waals surface area contributed by atoms with Crippen molar-refractivity contribution in [2.45, 2.75) is 12.8 Å². The van der Waals surface area contributed by atoms with E-state index in [1.54, 1.807) is 0 Å². The van der Waals surface area contributed by atoms with Crippen molar-refractivity contribution in [1.82, 2.24) is 0 Å². The van der Waals surface area contributed by atoms with Gasteiger partial charge >= 0.3 is 0 Å². The average molecular weight is 135 g/mol. The van der Waals surface area contributed by atoms with Crippen molar-refractivity contribution in [3.05, 3.63) is 0 Å². The molecule has 3 N–H and O–H groups in total. The van der Waals surface area contributed by atoms with E-state index in [9.17, 15) is 0 Å². The Morgan fingerprint density at radius 2 is 1.44 bits per heavy atom. The fourth-order valence-corrected chi connectivity index (χ4v) is 0.585. The first kappa shape index (κ1) is 8.84. The third-order valence-corrected chi connectivity index (χ3v) is 0.994. The molecule has 0 unspecified atom stereocenters. The molecule has 1 fully saturated rings. The Morgan fingerprint density at radius 3 is 1.89 bits per heavy atom. The predicted molar refractivity (Wildman–Crippen MR) is 32.0 cm³/mol. The molecule has 1 aliphatic heterocycles. The monoisotopic (exact) mass is 135 g/mol. The maximum Gasteiger partial charge on any atom is 0.146 e. The lowest BCUT2D eigenvalue weighted by Crippen LogP contribution is -1.93. The van der Waals surface area contributed by atoms with Crippen molar-refractivity contribution in [1.29, 1.82) is 0 Å². The van der Waals surface area contributed by atoms with Crippen LogP contribution >= 0.6 is 0 Å². The highest BCUT2D eigenvalue weighted by Gasteiger charge is 1.94. The Morgan fingerprint density at radius 1 is 1.00 bits per heavy atom. The molecule has 0 aliphatic carbocycles. The second-order valence-corrected chi connectivity index (χ2v) is 1.64. The van der Waals surface area contributed by atoms with Crippen molar-refractivity contribution in [2.24, 2.45) is 5.90 Å². The number of nitrogens with two attached hydrogens (primary N) is 1. The predicted octanol–water partition coefficient (Wildman–Crippen LogP) is 0.105. The normalized spacial score (nSPS) is 19.3. The molecule has 0 saturated carbocycles. The van der Waals surface area contributed by atoms with Crippen LogP contribution in [0, 0.1) is 0 Å². The van der Waals surface area contributed by atoms with Gasteiger partial charge in [0.25, 0.3) is 0 Å². The van der Waals surface area contributed by atoms with Gasteiger partial charge in [-0.05, 0) is 12.8 Å². The fourth-order valence-electron chi connectivity index (χ4n) is 0.585. The molecule has 4 nitrogen and oxygen atoms in total. The first-order chi connectivity index (χ1) is 4.50. The van der Waals surface area contributed by atoms with Crippen LogP contribution in [0.2, 0.25) is 0 Å². The van der Waals surface area contributed by atoms with Crippen LogP contribution < -0.4 is 5.90 Å². The highest BCUT2D eigenvalue weighted by atomic mass is 16.7. The molecule has 0 spiro atoms. The molecule has 1 heterocycles. The lowest BCUT2D eigenvalue weighted by molar-refractivity contribution is -0.0318. The summed E-state index contributed by atoms with van der Waals surface area (Å²) in [5.41, 5.74) is 0. The van der Waals surface area contributed by atoms with Gasteiger partial charge in [-0.3, -0.25) is 0 Å². The minimum absolute atomic E-state index is 0.500. The van der Waals surface area contributed by atoms with Crippen LogP contribution in [0.3, 0.4) is 0 Å². The van der Waals surface area contributed by atoms with Gasteiger partial charge in [-0.15, -0.1) is 0 Å². The second-order valence-electron chi connectivity index (χ2n) is 1.64. The summed E-state index contributed by atoms with van der Waals surface area (Å²) in [7, 11) is 0. The van der Waals surface area contributed by atoms with Gasteiger partial charge in [0.15, 0.2) is 0 Å². The smallest absolute Gasteiger partial charge is 0.146 e. The van der Waals surface area contributed by atoms with Gasteiger partial charge in [-0.1, -0.05) is 0 Å². The van der Waals surface area contributed by atoms with Crippen LogP contribution in [0.1, 0.15) is 12.8 Å². The summed E-state index contributed by atoms with van der Waals surface area (Å²) in [6, 6.07) is 0. The number of hydrogen-bond acceptors (Lipinski definition) is 4. The zero-order valence-corrected chi connectivity index (χ0v) is 5.38. The van der Waals surface area contributed by atoms with E-state index in [1.807, 2.05) is 0 Å². The molecular formula is C5H13NO3. The Bertz CT molecular complexity index is 31.8. The van der Waals surface area contributed by atoms with E-state index in [2.05, 4.69) is 5.90 Å². The topological polar surface area (TPSA) is 64.7 Å². The summed E-state index contributed by atoms with van der Waals surface area (Å²) in [6.07, 6.45) is 2.31. The van der Waals surface area contributed by atoms with Gasteiger partial charge in [0.2, 0.25) is 0 Å². The SMILES string of the molecule is C1CCOCOC1.NO. The maximum atomic E-state index is 6.50. The summed E-state index contributed by atoms with van der Waals surface area (Å²) in [4.78, 5) is 0. The van der Waals surface area contributed by atoms with Crippen LogP contribution in [-0.4, -0.2) is 25.2 Å². The molecular weight excluding hydrogens is 122 g/mol. The van der Waals surface area contributed by atoms with Crippen molar-refractivity contribution in [2.75, 3.05) is 20.0 Å². The van der Waals surface area contributed by atoms with Crippen molar-refractivity contribution >= 4 is 0 Å². The summed E-state index contributed by atoms with van der Waals surface area (Å²) < 4.78 is 9.94. The quantitative estimate of drug-likeness (QED) is 0.462. The fraction of sp³-hybridized carbons (Fsp3) is 1.00. The van der Waals surface area contributed by atoms with Crippen LogP contribution in [0.25, 0.3) is 0 Å². The molecule has 0 aromatic carbocycles. The third kappa shape index (κ3) is 5.72. The van der Waals surface area contributed by atoms with Crippen molar-refractivity contribution in [3.63, 3.8) is 0 Å². The second kappa shape index (κ2) is 7.84. The van der Waals surface area contributed by atoms with Crippen molar-refractivity contribution < 1.29 is 14.7 Å². The zero-order valence-electron chi connectivity index (χ0n) is 5.38. The highest BCUT2D eigenvalue weighted by molar-refractivity contribution is 4.38. The largest absolute Gasteiger partial charge is 0.355 e. The number of rotatable bonds is 0. The molecule has 4 heteroatoms. The Labute approximate surface area is 54.5 Å². The van der Waals surface area contributed by atoms with E-state index in [1.165, 1.54) is 0 Å². The maximum absolute atomic E-state index is 6.50. The Kier molecular flexibility index (Phi) is 7.70. The van der Waals surface area contributed by atoms with E-state index in [4.69, 9.17) is 14.7 Å². The molecule has 0 atom stereocenters. The Hall–Kier alpha value is -0.160. The summed E-state index contributed by atoms with van der Waals surface area (Å²) in [6.45, 7) is 2.25. The van der Waals surface area contributed by atoms with E-state index in [0.717, 1.165) is 26.1 Å². The zero-order chi connectivity index (χ0) is 6.95. The summed E-state index contributed by atoms with van der Waals surface area (Å²) >= 11 is 0. The van der Waals surface area contributed by atoms with E-state index in [0.29, 0.717) is 6.79 Å². The molecule has 1 saturated heterocycles. The number of hydrogen-bond donors (Lipinski definition) is 2. The van der Waals surface area contributed by atoms with E-state index >= 15 is 0 Å². The highest BCUT2D eigenvalue weighted by Crippen LogP contribution is 1.96.